The summed E-state index contributed by atoms with van der Waals surface area (Å²) in [5.41, 5.74) is 3.26. The minimum Gasteiger partial charge on any atom is -0.454 e. The molecule has 0 radical (unpaired) electrons. The standard InChI is InChI=1S/C26H24N4O5S3/c1-18(19-4-9-23-24(15-19)35-17-34-23)28-30-22(25-3-2-14-36-25)16-37-26(30)27-20-5-7-21(8-6-20)38(31,32)29-10-12-33-13-11-29/h2-9,14-16H,10-13,17H2,1H3. The zero-order valence-corrected chi connectivity index (χ0v) is 22.9. The molecule has 0 N–H and O–H groups in total. The molecule has 0 saturated carbocycles. The van der Waals surface area contributed by atoms with E-state index in [1.807, 2.05) is 52.7 Å². The number of fused-ring (bicyclic) bond motifs is 1. The van der Waals surface area contributed by atoms with Crippen LogP contribution in [0.5, 0.6) is 11.5 Å². The van der Waals surface area contributed by atoms with Crippen LogP contribution in [0.3, 0.4) is 0 Å². The highest BCUT2D eigenvalue weighted by atomic mass is 32.2. The SMILES string of the molecule is CC(=Nn1c(-c2cccs2)csc1=Nc1ccc(S(=O)(=O)N2CCOCC2)cc1)c1ccc2c(c1)OCO2. The highest BCUT2D eigenvalue weighted by molar-refractivity contribution is 7.89. The average Bonchev–Trinajstić information content (AvgIpc) is 3.71. The Labute approximate surface area is 227 Å². The number of thiazole rings is 1. The first kappa shape index (κ1) is 25.0. The molecule has 0 spiro atoms. The van der Waals surface area contributed by atoms with Gasteiger partial charge in [0.1, 0.15) is 0 Å². The smallest absolute Gasteiger partial charge is 0.243 e. The number of hydrogen-bond donors (Lipinski definition) is 0. The summed E-state index contributed by atoms with van der Waals surface area (Å²) < 4.78 is 45.5. The van der Waals surface area contributed by atoms with Crippen LogP contribution in [0.25, 0.3) is 10.6 Å². The Morgan fingerprint density at radius 2 is 1.76 bits per heavy atom. The lowest BCUT2D eigenvalue weighted by Gasteiger charge is -2.26. The normalized spacial score (nSPS) is 16.8. The molecule has 0 aliphatic carbocycles. The summed E-state index contributed by atoms with van der Waals surface area (Å²) in [4.78, 5) is 6.79. The van der Waals surface area contributed by atoms with Gasteiger partial charge in [0.2, 0.25) is 21.6 Å². The van der Waals surface area contributed by atoms with E-state index >= 15 is 0 Å². The zero-order chi connectivity index (χ0) is 26.1. The summed E-state index contributed by atoms with van der Waals surface area (Å²) >= 11 is 3.10. The van der Waals surface area contributed by atoms with Crippen LogP contribution in [0.1, 0.15) is 12.5 Å². The molecular weight excluding hydrogens is 545 g/mol. The number of morpholine rings is 1. The predicted octanol–water partition coefficient (Wildman–Crippen LogP) is 4.53. The predicted molar refractivity (Wildman–Crippen MR) is 147 cm³/mol. The third-order valence-electron chi connectivity index (χ3n) is 6.17. The van der Waals surface area contributed by atoms with Crippen LogP contribution in [0.2, 0.25) is 0 Å². The maximum absolute atomic E-state index is 13.0. The molecule has 9 nitrogen and oxygen atoms in total. The lowest BCUT2D eigenvalue weighted by atomic mass is 10.1. The molecule has 2 aliphatic rings. The third kappa shape index (κ3) is 4.93. The van der Waals surface area contributed by atoms with Crippen molar-refractivity contribution < 1.29 is 22.6 Å². The average molecular weight is 569 g/mol. The maximum Gasteiger partial charge on any atom is 0.243 e. The fourth-order valence-electron chi connectivity index (χ4n) is 4.14. The second kappa shape index (κ2) is 10.5. The van der Waals surface area contributed by atoms with Crippen LogP contribution in [-0.4, -0.2) is 56.2 Å². The number of aromatic nitrogens is 1. The number of benzene rings is 2. The van der Waals surface area contributed by atoms with Crippen molar-refractivity contribution in [1.82, 2.24) is 8.98 Å². The van der Waals surface area contributed by atoms with Crippen molar-refractivity contribution in [3.8, 4) is 22.1 Å². The minimum atomic E-state index is -3.57. The molecule has 2 aromatic heterocycles. The van der Waals surface area contributed by atoms with Crippen LogP contribution < -0.4 is 14.3 Å². The molecule has 0 atom stereocenters. The van der Waals surface area contributed by atoms with E-state index in [4.69, 9.17) is 24.3 Å². The van der Waals surface area contributed by atoms with Gasteiger partial charge in [-0.3, -0.25) is 0 Å². The second-order valence-corrected chi connectivity index (χ2v) is 12.3. The van der Waals surface area contributed by atoms with Gasteiger partial charge in [-0.05, 0) is 60.8 Å². The molecule has 0 unspecified atom stereocenters. The first-order chi connectivity index (χ1) is 18.5. The number of ether oxygens (including phenoxy) is 3. The first-order valence-electron chi connectivity index (χ1n) is 11.9. The van der Waals surface area contributed by atoms with Gasteiger partial charge in [-0.15, -0.1) is 22.7 Å². The van der Waals surface area contributed by atoms with Crippen LogP contribution in [0.15, 0.2) is 80.3 Å². The fourth-order valence-corrected chi connectivity index (χ4v) is 7.19. The van der Waals surface area contributed by atoms with Crippen molar-refractivity contribution in [2.45, 2.75) is 11.8 Å². The molecule has 12 heteroatoms. The Morgan fingerprint density at radius 1 is 0.974 bits per heavy atom. The van der Waals surface area contributed by atoms with Crippen LogP contribution in [0.4, 0.5) is 5.69 Å². The van der Waals surface area contributed by atoms with Gasteiger partial charge in [0.05, 0.1) is 40.1 Å². The van der Waals surface area contributed by atoms with Gasteiger partial charge in [0.15, 0.2) is 11.5 Å². The lowest BCUT2D eigenvalue weighted by molar-refractivity contribution is 0.0730. The molecule has 6 rings (SSSR count). The van der Waals surface area contributed by atoms with E-state index in [1.54, 1.807) is 35.6 Å². The van der Waals surface area contributed by atoms with Crippen molar-refractivity contribution in [1.29, 1.82) is 0 Å². The third-order valence-corrected chi connectivity index (χ3v) is 9.79. The van der Waals surface area contributed by atoms with Crippen molar-refractivity contribution in [2.24, 2.45) is 10.1 Å². The van der Waals surface area contributed by atoms with E-state index in [-0.39, 0.29) is 11.7 Å². The van der Waals surface area contributed by atoms with Gasteiger partial charge in [-0.25, -0.2) is 18.1 Å². The molecule has 196 valence electrons. The van der Waals surface area contributed by atoms with Crippen LogP contribution in [0, 0.1) is 0 Å². The molecule has 38 heavy (non-hydrogen) atoms. The van der Waals surface area contributed by atoms with Crippen LogP contribution in [-0.2, 0) is 14.8 Å². The molecule has 4 heterocycles. The molecule has 0 bridgehead atoms. The maximum atomic E-state index is 13.0. The molecule has 1 saturated heterocycles. The Bertz CT molecular complexity index is 1650. The first-order valence-corrected chi connectivity index (χ1v) is 15.1. The highest BCUT2D eigenvalue weighted by Crippen LogP contribution is 2.33. The van der Waals surface area contributed by atoms with E-state index in [2.05, 4.69) is 0 Å². The van der Waals surface area contributed by atoms with E-state index in [1.165, 1.54) is 15.6 Å². The summed E-state index contributed by atoms with van der Waals surface area (Å²) in [6, 6.07) is 16.4. The Morgan fingerprint density at radius 3 is 2.53 bits per heavy atom. The molecule has 1 fully saturated rings. The summed E-state index contributed by atoms with van der Waals surface area (Å²) in [6.07, 6.45) is 0. The van der Waals surface area contributed by atoms with Gasteiger partial charge in [0.25, 0.3) is 0 Å². The Kier molecular flexibility index (Phi) is 6.89. The number of rotatable bonds is 6. The fraction of sp³-hybridized carbons (Fsp3) is 0.231. The minimum absolute atomic E-state index is 0.215. The van der Waals surface area contributed by atoms with Crippen molar-refractivity contribution in [3.05, 3.63) is 75.7 Å². The van der Waals surface area contributed by atoms with E-state index < -0.39 is 10.0 Å². The molecule has 2 aromatic carbocycles. The second-order valence-electron chi connectivity index (χ2n) is 8.57. The van der Waals surface area contributed by atoms with E-state index in [0.717, 1.165) is 27.6 Å². The van der Waals surface area contributed by atoms with E-state index in [9.17, 15) is 8.42 Å². The monoisotopic (exact) mass is 568 g/mol. The van der Waals surface area contributed by atoms with Crippen molar-refractivity contribution in [2.75, 3.05) is 33.1 Å². The van der Waals surface area contributed by atoms with Gasteiger partial charge < -0.3 is 14.2 Å². The molecular formula is C26H24N4O5S3. The molecule has 4 aromatic rings. The topological polar surface area (TPSA) is 94.7 Å². The van der Waals surface area contributed by atoms with Gasteiger partial charge in [0, 0.05) is 24.0 Å². The Balaban J connectivity index is 1.37. The zero-order valence-electron chi connectivity index (χ0n) is 20.4. The van der Waals surface area contributed by atoms with Gasteiger partial charge >= 0.3 is 0 Å². The largest absolute Gasteiger partial charge is 0.454 e. The highest BCUT2D eigenvalue weighted by Gasteiger charge is 2.26. The number of hydrogen-bond acceptors (Lipinski definition) is 9. The van der Waals surface area contributed by atoms with Gasteiger partial charge in [-0.2, -0.15) is 9.41 Å². The van der Waals surface area contributed by atoms with Crippen molar-refractivity contribution >= 4 is 44.1 Å². The summed E-state index contributed by atoms with van der Waals surface area (Å²) in [6.45, 7) is 3.68. The lowest BCUT2D eigenvalue weighted by Crippen LogP contribution is -2.40. The van der Waals surface area contributed by atoms with Crippen molar-refractivity contribution in [3.63, 3.8) is 0 Å². The Hall–Kier alpha value is -3.29. The van der Waals surface area contributed by atoms with E-state index in [0.29, 0.717) is 42.5 Å². The number of nitrogens with zero attached hydrogens (tertiary/aromatic N) is 4. The molecule has 0 amide bonds. The molecule has 2 aliphatic heterocycles. The summed E-state index contributed by atoms with van der Waals surface area (Å²) in [5.74, 6) is 1.42. The summed E-state index contributed by atoms with van der Waals surface area (Å²) in [7, 11) is -3.57. The number of thiophene rings is 1. The summed E-state index contributed by atoms with van der Waals surface area (Å²) in [5, 5.41) is 8.98. The van der Waals surface area contributed by atoms with Crippen LogP contribution >= 0.6 is 22.7 Å². The quantitative estimate of drug-likeness (QED) is 0.319. The van der Waals surface area contributed by atoms with Gasteiger partial charge in [-0.1, -0.05) is 6.07 Å². The number of sulfonamides is 1.